The summed E-state index contributed by atoms with van der Waals surface area (Å²) in [6.45, 7) is 6.40. The number of carbonyl (C=O) groups excluding carboxylic acids is 2. The Bertz CT molecular complexity index is 1360. The Morgan fingerprint density at radius 2 is 1.80 bits per heavy atom. The predicted molar refractivity (Wildman–Crippen MR) is 135 cm³/mol. The third kappa shape index (κ3) is 3.86. The molecule has 3 aromatic rings. The van der Waals surface area contributed by atoms with Crippen LogP contribution in [-0.2, 0) is 16.2 Å². The van der Waals surface area contributed by atoms with Crippen molar-refractivity contribution in [1.29, 1.82) is 0 Å². The molecule has 3 aromatic carbocycles. The molecule has 8 heteroatoms. The number of thioether (sulfide) groups is 1. The van der Waals surface area contributed by atoms with Crippen LogP contribution in [0, 0.1) is 32.4 Å². The number of nitrogens with zero attached hydrogens (tertiary/aromatic N) is 2. The van der Waals surface area contributed by atoms with Gasteiger partial charge < -0.3 is 10.2 Å². The first kappa shape index (κ1) is 23.4. The Labute approximate surface area is 207 Å². The first-order valence-corrected chi connectivity index (χ1v) is 12.4. The minimum absolute atomic E-state index is 0.0705. The summed E-state index contributed by atoms with van der Waals surface area (Å²) in [6, 6.07) is 14.7. The second-order valence-corrected chi connectivity index (χ2v) is 10.3. The van der Waals surface area contributed by atoms with E-state index < -0.39 is 16.5 Å². The monoisotopic (exact) mass is 493 g/mol. The molecule has 1 fully saturated rings. The zero-order valence-electron chi connectivity index (χ0n) is 19.7. The number of anilines is 2. The summed E-state index contributed by atoms with van der Waals surface area (Å²) in [4.78, 5) is 29.5. The summed E-state index contributed by atoms with van der Waals surface area (Å²) in [7, 11) is 0. The zero-order valence-corrected chi connectivity index (χ0v) is 20.5. The molecule has 1 saturated heterocycles. The van der Waals surface area contributed by atoms with Crippen LogP contribution in [-0.4, -0.2) is 29.1 Å². The SMILES string of the molecule is Cc1ccc2c(c1)C1(SCCN1C(=O)Nc1ccc(C)c(C)c1)C(=O)N2Cc1ccc(F)c(F)c1. The lowest BCUT2D eigenvalue weighted by molar-refractivity contribution is -0.123. The lowest BCUT2D eigenvalue weighted by Gasteiger charge is -2.33. The molecule has 0 radical (unpaired) electrons. The van der Waals surface area contributed by atoms with Crippen molar-refractivity contribution in [1.82, 2.24) is 4.90 Å². The number of hydrogen-bond acceptors (Lipinski definition) is 3. The lowest BCUT2D eigenvalue weighted by Crippen LogP contribution is -2.51. The number of hydrogen-bond donors (Lipinski definition) is 1. The van der Waals surface area contributed by atoms with Crippen molar-refractivity contribution in [2.24, 2.45) is 0 Å². The molecule has 1 spiro atoms. The number of fused-ring (bicyclic) bond motifs is 2. The van der Waals surface area contributed by atoms with Gasteiger partial charge in [0, 0.05) is 23.5 Å². The number of carbonyl (C=O) groups is 2. The van der Waals surface area contributed by atoms with E-state index in [4.69, 9.17) is 0 Å². The van der Waals surface area contributed by atoms with Crippen LogP contribution in [0.2, 0.25) is 0 Å². The summed E-state index contributed by atoms with van der Waals surface area (Å²) in [5.74, 6) is -1.56. The second-order valence-electron chi connectivity index (χ2n) is 9.03. The van der Waals surface area contributed by atoms with Gasteiger partial charge in [-0.15, -0.1) is 11.8 Å². The highest BCUT2D eigenvalue weighted by Crippen LogP contribution is 2.54. The van der Waals surface area contributed by atoms with E-state index in [1.165, 1.54) is 17.8 Å². The summed E-state index contributed by atoms with van der Waals surface area (Å²) < 4.78 is 27.3. The molecule has 2 heterocycles. The van der Waals surface area contributed by atoms with E-state index in [2.05, 4.69) is 5.32 Å². The van der Waals surface area contributed by atoms with Crippen molar-refractivity contribution in [3.8, 4) is 0 Å². The fourth-order valence-electron chi connectivity index (χ4n) is 4.72. The first-order chi connectivity index (χ1) is 16.7. The van der Waals surface area contributed by atoms with Crippen molar-refractivity contribution in [3.05, 3.63) is 94.0 Å². The summed E-state index contributed by atoms with van der Waals surface area (Å²) in [5, 5.41) is 2.96. The number of nitrogens with one attached hydrogen (secondary N) is 1. The summed E-state index contributed by atoms with van der Waals surface area (Å²) in [6.07, 6.45) is 0. The van der Waals surface area contributed by atoms with Crippen molar-refractivity contribution < 1.29 is 18.4 Å². The van der Waals surface area contributed by atoms with Crippen LogP contribution in [0.15, 0.2) is 54.6 Å². The average molecular weight is 494 g/mol. The highest BCUT2D eigenvalue weighted by Gasteiger charge is 2.59. The minimum atomic E-state index is -1.22. The van der Waals surface area contributed by atoms with Gasteiger partial charge in [-0.05, 0) is 67.8 Å². The number of benzene rings is 3. The molecular formula is C27H25F2N3O2S. The maximum atomic E-state index is 14.0. The molecule has 5 nitrogen and oxygen atoms in total. The third-order valence-electron chi connectivity index (χ3n) is 6.68. The molecule has 2 aliphatic rings. The van der Waals surface area contributed by atoms with Gasteiger partial charge in [-0.2, -0.15) is 0 Å². The van der Waals surface area contributed by atoms with Crippen LogP contribution in [0.5, 0.6) is 0 Å². The van der Waals surface area contributed by atoms with Crippen molar-refractivity contribution >= 4 is 35.1 Å². The van der Waals surface area contributed by atoms with Crippen LogP contribution in [0.4, 0.5) is 25.0 Å². The molecule has 180 valence electrons. The topological polar surface area (TPSA) is 52.7 Å². The highest BCUT2D eigenvalue weighted by molar-refractivity contribution is 8.01. The molecule has 0 bridgehead atoms. The molecule has 1 N–H and O–H groups in total. The Kier molecular flexibility index (Phi) is 5.79. The predicted octanol–water partition coefficient (Wildman–Crippen LogP) is 5.87. The van der Waals surface area contributed by atoms with E-state index in [1.807, 2.05) is 57.2 Å². The van der Waals surface area contributed by atoms with Gasteiger partial charge in [0.1, 0.15) is 0 Å². The van der Waals surface area contributed by atoms with E-state index in [9.17, 15) is 18.4 Å². The van der Waals surface area contributed by atoms with Gasteiger partial charge in [-0.1, -0.05) is 29.8 Å². The summed E-state index contributed by atoms with van der Waals surface area (Å²) >= 11 is 1.42. The lowest BCUT2D eigenvalue weighted by atomic mass is 10.0. The number of aryl methyl sites for hydroxylation is 3. The molecule has 0 aliphatic carbocycles. The Balaban J connectivity index is 1.52. The van der Waals surface area contributed by atoms with Crippen LogP contribution < -0.4 is 10.2 Å². The quantitative estimate of drug-likeness (QED) is 0.497. The van der Waals surface area contributed by atoms with Gasteiger partial charge in [-0.25, -0.2) is 13.6 Å². The Morgan fingerprint density at radius 1 is 1.00 bits per heavy atom. The fraction of sp³-hybridized carbons (Fsp3) is 0.259. The number of halogens is 2. The third-order valence-corrected chi connectivity index (χ3v) is 8.10. The molecule has 2 aliphatic heterocycles. The van der Waals surface area contributed by atoms with Gasteiger partial charge >= 0.3 is 6.03 Å². The van der Waals surface area contributed by atoms with Gasteiger partial charge in [0.05, 0.1) is 12.2 Å². The highest BCUT2D eigenvalue weighted by atomic mass is 32.2. The molecule has 35 heavy (non-hydrogen) atoms. The van der Waals surface area contributed by atoms with E-state index in [-0.39, 0.29) is 18.5 Å². The maximum Gasteiger partial charge on any atom is 0.323 e. The van der Waals surface area contributed by atoms with Crippen LogP contribution in [0.25, 0.3) is 0 Å². The largest absolute Gasteiger partial charge is 0.323 e. The Hall–Kier alpha value is -3.39. The van der Waals surface area contributed by atoms with Crippen LogP contribution in [0.3, 0.4) is 0 Å². The molecule has 0 saturated carbocycles. The first-order valence-electron chi connectivity index (χ1n) is 11.4. The Morgan fingerprint density at radius 3 is 2.54 bits per heavy atom. The standard InChI is InChI=1S/C27H25F2N3O2S/c1-16-4-9-24-21(12-16)27(25(33)31(24)15-19-6-8-22(28)23(29)14-19)32(10-11-35-27)26(34)30-20-7-5-17(2)18(3)13-20/h4-9,12-14H,10-11,15H2,1-3H3,(H,30,34). The molecule has 1 atom stereocenters. The maximum absolute atomic E-state index is 14.0. The van der Waals surface area contributed by atoms with E-state index >= 15 is 0 Å². The van der Waals surface area contributed by atoms with Crippen molar-refractivity contribution in [2.75, 3.05) is 22.5 Å². The van der Waals surface area contributed by atoms with Crippen LogP contribution >= 0.6 is 11.8 Å². The normalized spacial score (nSPS) is 18.9. The van der Waals surface area contributed by atoms with Gasteiger partial charge in [-0.3, -0.25) is 9.69 Å². The minimum Gasteiger partial charge on any atom is -0.308 e. The molecule has 1 unspecified atom stereocenters. The molecular weight excluding hydrogens is 468 g/mol. The number of rotatable bonds is 3. The van der Waals surface area contributed by atoms with Crippen molar-refractivity contribution in [2.45, 2.75) is 32.2 Å². The van der Waals surface area contributed by atoms with Gasteiger partial charge in [0.15, 0.2) is 16.5 Å². The van der Waals surface area contributed by atoms with E-state index in [0.29, 0.717) is 29.2 Å². The molecule has 5 rings (SSSR count). The van der Waals surface area contributed by atoms with Gasteiger partial charge in [0.2, 0.25) is 0 Å². The number of amides is 3. The molecule has 3 amide bonds. The molecule has 0 aromatic heterocycles. The van der Waals surface area contributed by atoms with E-state index in [1.54, 1.807) is 9.80 Å². The van der Waals surface area contributed by atoms with Gasteiger partial charge in [0.25, 0.3) is 5.91 Å². The average Bonchev–Trinajstić information content (AvgIpc) is 3.36. The smallest absolute Gasteiger partial charge is 0.308 e. The second kappa shape index (κ2) is 8.68. The van der Waals surface area contributed by atoms with E-state index in [0.717, 1.165) is 34.4 Å². The number of urea groups is 1. The van der Waals surface area contributed by atoms with Crippen molar-refractivity contribution in [3.63, 3.8) is 0 Å². The van der Waals surface area contributed by atoms with Crippen LogP contribution in [0.1, 0.15) is 27.8 Å². The zero-order chi connectivity index (χ0) is 24.9. The summed E-state index contributed by atoms with van der Waals surface area (Å²) in [5.41, 5.74) is 5.69. The fourth-order valence-corrected chi connectivity index (χ4v) is 6.17.